The first kappa shape index (κ1) is 29.4. The van der Waals surface area contributed by atoms with Gasteiger partial charge in [-0.05, 0) is 68.7 Å². The average molecular weight is 601 g/mol. The first-order chi connectivity index (χ1) is 18.1. The summed E-state index contributed by atoms with van der Waals surface area (Å²) in [5.74, 6) is -0.789. The summed E-state index contributed by atoms with van der Waals surface area (Å²) < 4.78 is 29.9. The number of sulfonamides is 1. The van der Waals surface area contributed by atoms with E-state index in [1.165, 1.54) is 4.90 Å². The highest BCUT2D eigenvalue weighted by Gasteiger charge is 2.33. The fourth-order valence-corrected chi connectivity index (χ4v) is 6.04. The van der Waals surface area contributed by atoms with Crippen LogP contribution in [0, 0.1) is 6.92 Å². The number of nitrogens with zero attached hydrogens (tertiary/aromatic N) is 2. The molecule has 2 amide bonds. The van der Waals surface area contributed by atoms with Gasteiger partial charge in [0.1, 0.15) is 12.6 Å². The molecule has 0 heterocycles. The monoisotopic (exact) mass is 599 g/mol. The highest BCUT2D eigenvalue weighted by molar-refractivity contribution is 9.10. The Kier molecular flexibility index (Phi) is 10.1. The van der Waals surface area contributed by atoms with Crippen molar-refractivity contribution in [1.29, 1.82) is 0 Å². The third-order valence-corrected chi connectivity index (χ3v) is 8.56. The molecule has 3 rings (SSSR count). The second-order valence-electron chi connectivity index (χ2n) is 9.03. The number of nitrogens with one attached hydrogen (secondary N) is 1. The topological polar surface area (TPSA) is 86.8 Å². The van der Waals surface area contributed by atoms with Gasteiger partial charge in [-0.1, -0.05) is 70.9 Å². The third kappa shape index (κ3) is 7.02. The molecule has 3 aromatic carbocycles. The van der Waals surface area contributed by atoms with E-state index >= 15 is 0 Å². The molecule has 0 aliphatic heterocycles. The highest BCUT2D eigenvalue weighted by atomic mass is 79.9. The maximum absolute atomic E-state index is 13.9. The predicted octanol–water partition coefficient (Wildman–Crippen LogP) is 5.07. The number of benzene rings is 3. The Balaban J connectivity index is 2.07. The molecule has 7 nitrogen and oxygen atoms in total. The van der Waals surface area contributed by atoms with Crippen molar-refractivity contribution < 1.29 is 18.0 Å². The zero-order valence-electron chi connectivity index (χ0n) is 22.1. The van der Waals surface area contributed by atoms with E-state index in [1.54, 1.807) is 43.3 Å². The van der Waals surface area contributed by atoms with Crippen LogP contribution in [-0.2, 0) is 32.6 Å². The number of likely N-dealkylation sites (N-methyl/N-ethyl adjacent to an activating group) is 1. The standard InChI is InChI=1S/C29H34BrN3O4S/c1-5-24-11-7-8-13-27(24)33(38(36,37)26-16-14-21(3)15-17-26)20-28(34)32(22(4)29(35)31-6-2)19-23-10-9-12-25(30)18-23/h7-18,22H,5-6,19-20H2,1-4H3,(H,31,35). The maximum atomic E-state index is 13.9. The van der Waals surface area contributed by atoms with Crippen LogP contribution in [0.3, 0.4) is 0 Å². The highest BCUT2D eigenvalue weighted by Crippen LogP contribution is 2.28. The molecule has 1 N–H and O–H groups in total. The lowest BCUT2D eigenvalue weighted by Crippen LogP contribution is -2.51. The number of anilines is 1. The number of hydrogen-bond acceptors (Lipinski definition) is 4. The second kappa shape index (κ2) is 13.1. The van der Waals surface area contributed by atoms with E-state index < -0.39 is 28.5 Å². The fraction of sp³-hybridized carbons (Fsp3) is 0.310. The number of carbonyl (C=O) groups excluding carboxylic acids is 2. The fourth-order valence-electron chi connectivity index (χ4n) is 4.14. The Morgan fingerprint density at radius 1 is 0.974 bits per heavy atom. The van der Waals surface area contributed by atoms with E-state index in [1.807, 2.05) is 57.2 Å². The van der Waals surface area contributed by atoms with Gasteiger partial charge in [-0.25, -0.2) is 8.42 Å². The number of para-hydroxylation sites is 1. The van der Waals surface area contributed by atoms with Gasteiger partial charge in [0.25, 0.3) is 10.0 Å². The summed E-state index contributed by atoms with van der Waals surface area (Å²) in [7, 11) is -4.09. The van der Waals surface area contributed by atoms with E-state index in [4.69, 9.17) is 0 Å². The van der Waals surface area contributed by atoms with Crippen molar-refractivity contribution in [3.63, 3.8) is 0 Å². The van der Waals surface area contributed by atoms with Crippen LogP contribution in [0.5, 0.6) is 0 Å². The summed E-state index contributed by atoms with van der Waals surface area (Å²) in [5, 5.41) is 2.77. The zero-order valence-corrected chi connectivity index (χ0v) is 24.6. The van der Waals surface area contributed by atoms with E-state index in [0.717, 1.165) is 25.5 Å². The molecular formula is C29H34BrN3O4S. The molecule has 0 aliphatic carbocycles. The molecule has 0 radical (unpaired) electrons. The Hall–Kier alpha value is -3.17. The lowest BCUT2D eigenvalue weighted by atomic mass is 10.1. The Morgan fingerprint density at radius 3 is 2.29 bits per heavy atom. The van der Waals surface area contributed by atoms with Crippen LogP contribution in [0.4, 0.5) is 5.69 Å². The third-order valence-electron chi connectivity index (χ3n) is 6.29. The minimum absolute atomic E-state index is 0.0946. The summed E-state index contributed by atoms with van der Waals surface area (Å²) in [6.07, 6.45) is 0.585. The van der Waals surface area contributed by atoms with E-state index in [9.17, 15) is 18.0 Å². The quantitative estimate of drug-likeness (QED) is 0.333. The summed E-state index contributed by atoms with van der Waals surface area (Å²) >= 11 is 3.45. The predicted molar refractivity (Wildman–Crippen MR) is 154 cm³/mol. The molecule has 0 aliphatic rings. The van der Waals surface area contributed by atoms with Gasteiger partial charge in [-0.2, -0.15) is 0 Å². The van der Waals surface area contributed by atoms with Crippen molar-refractivity contribution in [1.82, 2.24) is 10.2 Å². The summed E-state index contributed by atoms with van der Waals surface area (Å²) in [4.78, 5) is 28.3. The molecule has 0 spiro atoms. The van der Waals surface area contributed by atoms with Gasteiger partial charge in [0.15, 0.2) is 0 Å². The normalized spacial score (nSPS) is 12.0. The lowest BCUT2D eigenvalue weighted by molar-refractivity contribution is -0.139. The molecule has 38 heavy (non-hydrogen) atoms. The van der Waals surface area contributed by atoms with Gasteiger partial charge in [0, 0.05) is 17.6 Å². The van der Waals surface area contributed by atoms with Crippen LogP contribution in [0.1, 0.15) is 37.5 Å². The molecular weight excluding hydrogens is 566 g/mol. The van der Waals surface area contributed by atoms with Gasteiger partial charge in [-0.15, -0.1) is 0 Å². The molecule has 0 saturated carbocycles. The SMILES string of the molecule is CCNC(=O)C(C)N(Cc1cccc(Br)c1)C(=O)CN(c1ccccc1CC)S(=O)(=O)c1ccc(C)cc1. The first-order valence-electron chi connectivity index (χ1n) is 12.6. The van der Waals surface area contributed by atoms with E-state index in [0.29, 0.717) is 18.7 Å². The van der Waals surface area contributed by atoms with Crippen molar-refractivity contribution >= 4 is 43.5 Å². The minimum atomic E-state index is -4.09. The summed E-state index contributed by atoms with van der Waals surface area (Å²) in [5.41, 5.74) is 2.98. The molecule has 0 saturated heterocycles. The molecule has 0 bridgehead atoms. The van der Waals surface area contributed by atoms with Crippen LogP contribution < -0.4 is 9.62 Å². The molecule has 1 atom stereocenters. The Labute approximate surface area is 234 Å². The van der Waals surface area contributed by atoms with Crippen molar-refractivity contribution in [2.45, 2.75) is 51.6 Å². The maximum Gasteiger partial charge on any atom is 0.264 e. The molecule has 3 aromatic rings. The molecule has 0 aromatic heterocycles. The van der Waals surface area contributed by atoms with Crippen LogP contribution in [0.25, 0.3) is 0 Å². The Morgan fingerprint density at radius 2 is 1.66 bits per heavy atom. The largest absolute Gasteiger partial charge is 0.355 e. The van der Waals surface area contributed by atoms with Crippen molar-refractivity contribution in [3.8, 4) is 0 Å². The van der Waals surface area contributed by atoms with Gasteiger partial charge >= 0.3 is 0 Å². The number of carbonyl (C=O) groups is 2. The van der Waals surface area contributed by atoms with Gasteiger partial charge in [0.05, 0.1) is 10.6 Å². The number of halogens is 1. The number of rotatable bonds is 11. The number of hydrogen-bond donors (Lipinski definition) is 1. The zero-order chi connectivity index (χ0) is 27.9. The van der Waals surface area contributed by atoms with Crippen molar-refractivity contribution in [2.24, 2.45) is 0 Å². The molecule has 202 valence electrons. The molecule has 0 fully saturated rings. The first-order valence-corrected chi connectivity index (χ1v) is 14.8. The number of amides is 2. The second-order valence-corrected chi connectivity index (χ2v) is 11.8. The molecule has 9 heteroatoms. The van der Waals surface area contributed by atoms with Crippen molar-refractivity contribution in [3.05, 3.63) is 94.0 Å². The lowest BCUT2D eigenvalue weighted by Gasteiger charge is -2.32. The van der Waals surface area contributed by atoms with E-state index in [2.05, 4.69) is 21.2 Å². The summed E-state index contributed by atoms with van der Waals surface area (Å²) in [6.45, 7) is 7.39. The van der Waals surface area contributed by atoms with Crippen LogP contribution >= 0.6 is 15.9 Å². The number of aryl methyl sites for hydroxylation is 2. The van der Waals surface area contributed by atoms with Gasteiger partial charge < -0.3 is 10.2 Å². The van der Waals surface area contributed by atoms with Crippen LogP contribution in [0.2, 0.25) is 0 Å². The van der Waals surface area contributed by atoms with Crippen LogP contribution in [-0.4, -0.2) is 44.3 Å². The Bertz CT molecular complexity index is 1380. The smallest absolute Gasteiger partial charge is 0.264 e. The van der Waals surface area contributed by atoms with Crippen molar-refractivity contribution in [2.75, 3.05) is 17.4 Å². The summed E-state index contributed by atoms with van der Waals surface area (Å²) in [6, 6.07) is 20.4. The van der Waals surface area contributed by atoms with E-state index in [-0.39, 0.29) is 17.3 Å². The van der Waals surface area contributed by atoms with Gasteiger partial charge in [-0.3, -0.25) is 13.9 Å². The van der Waals surface area contributed by atoms with Crippen LogP contribution in [0.15, 0.2) is 82.2 Å². The average Bonchev–Trinajstić information content (AvgIpc) is 2.90. The molecule has 1 unspecified atom stereocenters. The van der Waals surface area contributed by atoms with Gasteiger partial charge in [0.2, 0.25) is 11.8 Å². The minimum Gasteiger partial charge on any atom is -0.355 e.